The van der Waals surface area contributed by atoms with Gasteiger partial charge in [0.15, 0.2) is 10.1 Å². The van der Waals surface area contributed by atoms with Crippen molar-refractivity contribution >= 4 is 57.3 Å². The summed E-state index contributed by atoms with van der Waals surface area (Å²) < 4.78 is 64.2. The minimum atomic E-state index is -6.09. The van der Waals surface area contributed by atoms with Gasteiger partial charge in [0.05, 0.1) is 0 Å². The molecule has 10 heteroatoms. The van der Waals surface area contributed by atoms with Crippen LogP contribution in [-0.2, 0) is 17.2 Å². The van der Waals surface area contributed by atoms with E-state index >= 15 is 0 Å². The Bertz CT molecular complexity index is 1110. The second-order valence-corrected chi connectivity index (χ2v) is 10.6. The molecule has 0 atom stereocenters. The third-order valence-corrected chi connectivity index (χ3v) is 7.83. The predicted octanol–water partition coefficient (Wildman–Crippen LogP) is 3.01. The van der Waals surface area contributed by atoms with Crippen LogP contribution in [0.25, 0.3) is 21.1 Å². The van der Waals surface area contributed by atoms with E-state index in [0.29, 0.717) is 0 Å². The molecule has 3 aromatic rings. The molecule has 0 aliphatic carbocycles. The first kappa shape index (κ1) is 23.4. The van der Waals surface area contributed by atoms with Gasteiger partial charge in [-0.1, -0.05) is 0 Å². The van der Waals surface area contributed by atoms with Crippen molar-refractivity contribution in [1.29, 1.82) is 0 Å². The summed E-state index contributed by atoms with van der Waals surface area (Å²) in [5.41, 5.74) is -1.78. The van der Waals surface area contributed by atoms with Gasteiger partial charge in [-0.05, 0) is 0 Å². The van der Waals surface area contributed by atoms with E-state index in [9.17, 15) is 13.2 Å². The molecule has 0 saturated carbocycles. The van der Waals surface area contributed by atoms with Crippen molar-refractivity contribution < 1.29 is 30.7 Å². The molecule has 0 saturated heterocycles. The normalized spacial score (nSPS) is 12.1. The molecule has 156 valence electrons. The topological polar surface area (TPSA) is 64.3 Å². The number of rotatable bonds is 3. The van der Waals surface area contributed by atoms with Gasteiger partial charge in [0.1, 0.15) is 0 Å². The largest absolute Gasteiger partial charge is 0.741 e. The maximum atomic E-state index is 10.7. The number of alkyl halides is 3. The molecular formula is C19H19F3N2O3STe. The second-order valence-electron chi connectivity index (χ2n) is 6.19. The number of aryl methyl sites for hydroxylation is 1. The summed E-state index contributed by atoms with van der Waals surface area (Å²) in [6.45, 7) is 0. The molecule has 3 rings (SSSR count). The van der Waals surface area contributed by atoms with Gasteiger partial charge in [0.25, 0.3) is 0 Å². The number of halogens is 3. The van der Waals surface area contributed by atoms with Crippen molar-refractivity contribution in [2.24, 2.45) is 7.05 Å². The van der Waals surface area contributed by atoms with Crippen molar-refractivity contribution in [3.63, 3.8) is 0 Å². The fourth-order valence-corrected chi connectivity index (χ4v) is 5.32. The van der Waals surface area contributed by atoms with Crippen molar-refractivity contribution in [2.75, 3.05) is 19.0 Å². The summed E-state index contributed by atoms with van der Waals surface area (Å²) in [7, 11) is 0.214. The molecular weight excluding hydrogens is 521 g/mol. The number of hydrogen-bond acceptors (Lipinski definition) is 4. The molecule has 29 heavy (non-hydrogen) atoms. The van der Waals surface area contributed by atoms with Gasteiger partial charge < -0.3 is 4.55 Å². The number of fused-ring (bicyclic) bond motifs is 1. The number of anilines is 1. The van der Waals surface area contributed by atoms with Gasteiger partial charge in [-0.15, -0.1) is 0 Å². The Morgan fingerprint density at radius 3 is 2.07 bits per heavy atom. The molecule has 1 heterocycles. The molecule has 0 spiro atoms. The van der Waals surface area contributed by atoms with Crippen LogP contribution in [0.5, 0.6) is 0 Å². The molecule has 0 radical (unpaired) electrons. The number of aromatic nitrogens is 1. The van der Waals surface area contributed by atoms with Gasteiger partial charge in [0, 0.05) is 0 Å². The van der Waals surface area contributed by atoms with Crippen molar-refractivity contribution in [1.82, 2.24) is 0 Å². The van der Waals surface area contributed by atoms with Crippen LogP contribution in [0.1, 0.15) is 9.27 Å². The van der Waals surface area contributed by atoms with Crippen molar-refractivity contribution in [3.8, 4) is 0 Å². The molecule has 5 nitrogen and oxygen atoms in total. The number of para-hydroxylation sites is 1. The third-order valence-electron chi connectivity index (χ3n) is 3.88. The van der Waals surface area contributed by atoms with Gasteiger partial charge >= 0.3 is 141 Å². The van der Waals surface area contributed by atoms with E-state index in [1.165, 1.54) is 23.9 Å². The zero-order chi connectivity index (χ0) is 21.8. The van der Waals surface area contributed by atoms with E-state index in [-0.39, 0.29) is 20.4 Å². The number of hydrogen-bond donors (Lipinski definition) is 0. The van der Waals surface area contributed by atoms with E-state index in [4.69, 9.17) is 13.0 Å². The summed E-state index contributed by atoms with van der Waals surface area (Å²) in [5, 5.41) is 0. The zero-order valence-electron chi connectivity index (χ0n) is 15.8. The minimum absolute atomic E-state index is 0.245. The van der Waals surface area contributed by atoms with Crippen LogP contribution in [0, 0.1) is 0 Å². The predicted molar refractivity (Wildman–Crippen MR) is 108 cm³/mol. The van der Waals surface area contributed by atoms with Gasteiger partial charge in [-0.25, -0.2) is 8.42 Å². The molecule has 0 N–H and O–H groups in total. The van der Waals surface area contributed by atoms with E-state index in [2.05, 4.69) is 91.3 Å². The smallest absolute Gasteiger partial charge is 0.485 e. The van der Waals surface area contributed by atoms with Gasteiger partial charge in [-0.3, -0.25) is 0 Å². The van der Waals surface area contributed by atoms with E-state index in [0.717, 1.165) is 0 Å². The maximum Gasteiger partial charge on any atom is 0.485 e. The van der Waals surface area contributed by atoms with Crippen molar-refractivity contribution in [2.45, 2.75) is 5.51 Å². The minimum Gasteiger partial charge on any atom is -0.741 e. The average Bonchev–Trinajstić information content (AvgIpc) is 2.95. The van der Waals surface area contributed by atoms with Crippen LogP contribution in [-0.4, -0.2) is 53.0 Å². The standard InChI is InChI=1S/C18H19N2Te.CHF3O3S/c1-19(2)15-11-8-14(9-12-15)10-13-18-20(3)16-6-4-5-7-17(16)21-18;2-1(3,4)8(5,6)7/h4-13H,1-3H3;(H,5,6,7)/q+1;/p-1. The summed E-state index contributed by atoms with van der Waals surface area (Å²) >= 11 is -0.245. The molecule has 1 aromatic heterocycles. The Morgan fingerprint density at radius 1 is 1.03 bits per heavy atom. The Labute approximate surface area is 177 Å². The quantitative estimate of drug-likeness (QED) is 0.222. The number of benzene rings is 2. The fourth-order valence-electron chi connectivity index (χ4n) is 2.32. The Morgan fingerprint density at radius 2 is 1.59 bits per heavy atom. The summed E-state index contributed by atoms with van der Waals surface area (Å²) in [4.78, 5) is 2.12. The summed E-state index contributed by atoms with van der Waals surface area (Å²) in [6.07, 6.45) is 4.51. The third kappa shape index (κ3) is 6.31. The Hall–Kier alpha value is -1.86. The first-order valence-corrected chi connectivity index (χ1v) is 12.0. The molecule has 0 unspecified atom stereocenters. The van der Waals surface area contributed by atoms with E-state index in [1.807, 2.05) is 0 Å². The van der Waals surface area contributed by atoms with Crippen LogP contribution in [0.3, 0.4) is 0 Å². The summed E-state index contributed by atoms with van der Waals surface area (Å²) in [6, 6.07) is 17.4. The van der Waals surface area contributed by atoms with Gasteiger partial charge in [-0.2, -0.15) is 13.2 Å². The van der Waals surface area contributed by atoms with Crippen LogP contribution >= 0.6 is 0 Å². The maximum absolute atomic E-state index is 10.7. The Kier molecular flexibility index (Phi) is 7.51. The first-order valence-electron chi connectivity index (χ1n) is 8.25. The molecule has 0 aliphatic heterocycles. The molecule has 0 bridgehead atoms. The molecule has 2 aromatic carbocycles. The second kappa shape index (κ2) is 9.30. The van der Waals surface area contributed by atoms with E-state index in [1.54, 1.807) is 0 Å². The number of nitrogens with zero attached hydrogens (tertiary/aromatic N) is 2. The first-order chi connectivity index (χ1) is 13.4. The van der Waals surface area contributed by atoms with Crippen LogP contribution in [0.2, 0.25) is 0 Å². The van der Waals surface area contributed by atoms with Gasteiger partial charge in [0.2, 0.25) is 0 Å². The van der Waals surface area contributed by atoms with Crippen LogP contribution in [0.4, 0.5) is 18.9 Å². The van der Waals surface area contributed by atoms with Crippen LogP contribution < -0.4 is 9.47 Å². The fraction of sp³-hybridized carbons (Fsp3) is 0.211. The zero-order valence-corrected chi connectivity index (χ0v) is 19.0. The summed E-state index contributed by atoms with van der Waals surface area (Å²) in [5.74, 6) is 0. The average molecular weight is 540 g/mol. The monoisotopic (exact) mass is 542 g/mol. The SMILES string of the molecule is CN(C)c1ccc(/C=C/c2[te]c3ccccc3[n+]2C)cc1.O=S(=O)([O-])C(F)(F)F. The Balaban J connectivity index is 0.000000321. The van der Waals surface area contributed by atoms with Crippen LogP contribution in [0.15, 0.2) is 48.5 Å². The molecule has 0 fully saturated rings. The molecule has 0 amide bonds. The van der Waals surface area contributed by atoms with E-state index < -0.39 is 15.6 Å². The molecule has 0 aliphatic rings. The van der Waals surface area contributed by atoms with Crippen molar-refractivity contribution in [3.05, 3.63) is 57.8 Å².